The summed E-state index contributed by atoms with van der Waals surface area (Å²) >= 11 is 0. The van der Waals surface area contributed by atoms with Gasteiger partial charge in [-0.25, -0.2) is 0 Å². The monoisotopic (exact) mass is 692 g/mol. The van der Waals surface area contributed by atoms with Gasteiger partial charge in [-0.2, -0.15) is 0 Å². The zero-order valence-corrected chi connectivity index (χ0v) is 29.9. The van der Waals surface area contributed by atoms with Gasteiger partial charge in [-0.3, -0.25) is 9.59 Å². The molecular weight excluding hydrogens is 632 g/mol. The van der Waals surface area contributed by atoms with Crippen molar-refractivity contribution in [1.82, 2.24) is 0 Å². The minimum Gasteiger partial charge on any atom is -0.462 e. The van der Waals surface area contributed by atoms with Crippen LogP contribution in [0.1, 0.15) is 88.5 Å². The highest BCUT2D eigenvalue weighted by Crippen LogP contribution is 2.39. The van der Waals surface area contributed by atoms with Gasteiger partial charge >= 0.3 is 5.97 Å². The van der Waals surface area contributed by atoms with Gasteiger partial charge in [-0.15, -0.1) is 0 Å². The first-order valence-corrected chi connectivity index (χ1v) is 17.3. The molecule has 0 aromatic carbocycles. The maximum absolute atomic E-state index is 13.9. The van der Waals surface area contributed by atoms with E-state index in [1.165, 1.54) is 20.8 Å². The molecule has 0 saturated carbocycles. The number of rotatable bonds is 5. The van der Waals surface area contributed by atoms with E-state index >= 15 is 0 Å². The Morgan fingerprint density at radius 1 is 0.729 bits per heavy atom. The number of aliphatic hydroxyl groups is 7. The zero-order chi connectivity index (χ0) is 36.6. The summed E-state index contributed by atoms with van der Waals surface area (Å²) in [6, 6.07) is 0. The van der Waals surface area contributed by atoms with Crippen molar-refractivity contribution in [3.05, 3.63) is 0 Å². The molecule has 0 aliphatic carbocycles. The Hall–Kier alpha value is -1.30. The molecule has 7 N–H and O–H groups in total. The van der Waals surface area contributed by atoms with E-state index in [9.17, 15) is 45.3 Å². The number of ketones is 1. The second-order valence-electron chi connectivity index (χ2n) is 15.2. The highest BCUT2D eigenvalue weighted by atomic mass is 16.7. The maximum Gasteiger partial charge on any atom is 0.311 e. The van der Waals surface area contributed by atoms with E-state index in [4.69, 9.17) is 23.7 Å². The molecule has 0 spiro atoms. The smallest absolute Gasteiger partial charge is 0.311 e. The van der Waals surface area contributed by atoms with Gasteiger partial charge in [0.05, 0.1) is 47.6 Å². The SMILES string of the molecule is CC[C@H]1OC(=O)[C@H](C)[C@@H](O[C@H]2CC(C)(O)[C@@H](O)C(C)O2)[C@H](C)[C@@H](O[C@@H]2OC(C)[C@@H](O)C(O)C2O)[C@](C)(O)C[C@@H](C)C(=O)[C@H](C)[C@@H](O)[C@H]1C. The maximum atomic E-state index is 13.9. The minimum atomic E-state index is -1.87. The summed E-state index contributed by atoms with van der Waals surface area (Å²) in [4.78, 5) is 27.5. The van der Waals surface area contributed by atoms with E-state index in [-0.39, 0.29) is 18.6 Å². The minimum absolute atomic E-state index is 0.165. The molecule has 5 unspecified atom stereocenters. The predicted octanol–water partition coefficient (Wildman–Crippen LogP) is 0.418. The van der Waals surface area contributed by atoms with E-state index in [1.807, 2.05) is 0 Å². The highest BCUT2D eigenvalue weighted by Gasteiger charge is 2.52. The van der Waals surface area contributed by atoms with Gasteiger partial charge in [0.2, 0.25) is 0 Å². The number of ether oxygens (including phenoxy) is 5. The van der Waals surface area contributed by atoms with Crippen LogP contribution in [0.4, 0.5) is 0 Å². The molecule has 48 heavy (non-hydrogen) atoms. The first-order chi connectivity index (χ1) is 22.0. The fraction of sp³-hybridized carbons (Fsp3) is 0.941. The molecule has 3 saturated heterocycles. The molecular formula is C34H60O14. The number of cyclic esters (lactones) is 1. The second kappa shape index (κ2) is 15.9. The molecule has 19 atom stereocenters. The zero-order valence-electron chi connectivity index (χ0n) is 29.9. The lowest BCUT2D eigenvalue weighted by Gasteiger charge is -2.48. The molecule has 280 valence electrons. The van der Waals surface area contributed by atoms with Gasteiger partial charge < -0.3 is 59.4 Å². The van der Waals surface area contributed by atoms with Gasteiger partial charge in [-0.1, -0.05) is 34.6 Å². The predicted molar refractivity (Wildman–Crippen MR) is 170 cm³/mol. The quantitative estimate of drug-likeness (QED) is 0.194. The van der Waals surface area contributed by atoms with Crippen LogP contribution in [0.15, 0.2) is 0 Å². The van der Waals surface area contributed by atoms with Crippen LogP contribution in [0, 0.1) is 29.6 Å². The molecule has 0 bridgehead atoms. The molecule has 3 heterocycles. The van der Waals surface area contributed by atoms with Crippen molar-refractivity contribution in [3.63, 3.8) is 0 Å². The van der Waals surface area contributed by atoms with Gasteiger partial charge in [-0.05, 0) is 47.5 Å². The number of esters is 1. The fourth-order valence-corrected chi connectivity index (χ4v) is 7.64. The summed E-state index contributed by atoms with van der Waals surface area (Å²) in [6.45, 7) is 15.9. The molecule has 3 aliphatic heterocycles. The normalized spacial score (nSPS) is 52.0. The van der Waals surface area contributed by atoms with Gasteiger partial charge in [0, 0.05) is 30.1 Å². The van der Waals surface area contributed by atoms with Crippen LogP contribution in [-0.4, -0.2) is 132 Å². The third-order valence-electron chi connectivity index (χ3n) is 10.9. The van der Waals surface area contributed by atoms with Crippen LogP contribution in [0.2, 0.25) is 0 Å². The number of hydrogen-bond donors (Lipinski definition) is 7. The molecule has 0 aromatic rings. The molecule has 14 nitrogen and oxygen atoms in total. The summed E-state index contributed by atoms with van der Waals surface area (Å²) in [5.74, 6) is -5.29. The Morgan fingerprint density at radius 2 is 1.33 bits per heavy atom. The average molecular weight is 693 g/mol. The van der Waals surface area contributed by atoms with Crippen molar-refractivity contribution >= 4 is 11.8 Å². The lowest BCUT2D eigenvalue weighted by Crippen LogP contribution is -2.61. The van der Waals surface area contributed by atoms with Gasteiger partial charge in [0.15, 0.2) is 12.6 Å². The number of Topliss-reactive ketones (excluding diaryl/α,β-unsaturated/α-hetero) is 1. The van der Waals surface area contributed by atoms with E-state index in [0.29, 0.717) is 6.42 Å². The lowest BCUT2D eigenvalue weighted by molar-refractivity contribution is -0.332. The Kier molecular flexibility index (Phi) is 13.7. The van der Waals surface area contributed by atoms with Gasteiger partial charge in [0.25, 0.3) is 0 Å². The van der Waals surface area contributed by atoms with Crippen molar-refractivity contribution in [2.45, 2.75) is 173 Å². The standard InChI is InChI=1S/C34H60O14/c1-11-21-15(3)24(36)16(4)23(35)14(2)12-34(10,43)30(48-32-27(39)26(38)25(37)19(7)45-32)17(5)28(18(6)31(41)46-21)47-22-13-33(9,42)29(40)20(8)44-22/h14-22,24-30,32,36-40,42-43H,11-13H2,1-10H3/t14-,15+,16+,17+,18-,19?,20?,21-,22+,24+,25-,26?,27?,28+,29+,30-,32+,33?,34-/m1/s1. The molecule has 14 heteroatoms. The van der Waals surface area contributed by atoms with Crippen molar-refractivity contribution in [3.8, 4) is 0 Å². The van der Waals surface area contributed by atoms with Crippen LogP contribution in [0.5, 0.6) is 0 Å². The summed E-state index contributed by atoms with van der Waals surface area (Å²) in [5, 5.41) is 76.5. The van der Waals surface area contributed by atoms with Crippen molar-refractivity contribution in [1.29, 1.82) is 0 Å². The molecule has 0 radical (unpaired) electrons. The Balaban J connectivity index is 2.14. The summed E-state index contributed by atoms with van der Waals surface area (Å²) in [5.41, 5.74) is -3.47. The van der Waals surface area contributed by atoms with E-state index in [0.717, 1.165) is 0 Å². The summed E-state index contributed by atoms with van der Waals surface area (Å²) < 4.78 is 30.3. The van der Waals surface area contributed by atoms with Crippen LogP contribution < -0.4 is 0 Å². The van der Waals surface area contributed by atoms with Crippen LogP contribution in [0.3, 0.4) is 0 Å². The van der Waals surface area contributed by atoms with E-state index in [2.05, 4.69) is 0 Å². The number of carbonyl (C=O) groups is 2. The van der Waals surface area contributed by atoms with E-state index in [1.54, 1.807) is 48.5 Å². The van der Waals surface area contributed by atoms with Crippen LogP contribution >= 0.6 is 0 Å². The first kappa shape index (κ1) is 41.1. The third-order valence-corrected chi connectivity index (χ3v) is 10.9. The first-order valence-electron chi connectivity index (χ1n) is 17.3. The van der Waals surface area contributed by atoms with Gasteiger partial charge in [0.1, 0.15) is 36.3 Å². The summed E-state index contributed by atoms with van der Waals surface area (Å²) in [7, 11) is 0. The molecule has 0 amide bonds. The number of hydrogen-bond acceptors (Lipinski definition) is 14. The fourth-order valence-electron chi connectivity index (χ4n) is 7.64. The van der Waals surface area contributed by atoms with Crippen LogP contribution in [0.25, 0.3) is 0 Å². The highest BCUT2D eigenvalue weighted by molar-refractivity contribution is 5.83. The average Bonchev–Trinajstić information content (AvgIpc) is 3.01. The molecule has 0 aromatic heterocycles. The van der Waals surface area contributed by atoms with E-state index < -0.39 is 120 Å². The largest absolute Gasteiger partial charge is 0.462 e. The third kappa shape index (κ3) is 8.76. The Labute approximate surface area is 283 Å². The molecule has 3 fully saturated rings. The van der Waals surface area contributed by atoms with Crippen molar-refractivity contribution < 1.29 is 69.0 Å². The lowest BCUT2D eigenvalue weighted by atomic mass is 9.74. The molecule has 3 rings (SSSR count). The summed E-state index contributed by atoms with van der Waals surface area (Å²) in [6.07, 6.45) is -14.9. The number of aliphatic hydroxyl groups excluding tert-OH is 5. The van der Waals surface area contributed by atoms with Crippen molar-refractivity contribution in [2.24, 2.45) is 29.6 Å². The number of carbonyl (C=O) groups excluding carboxylic acids is 2. The Bertz CT molecular complexity index is 1080. The van der Waals surface area contributed by atoms with Crippen LogP contribution in [-0.2, 0) is 33.3 Å². The van der Waals surface area contributed by atoms with Crippen molar-refractivity contribution in [2.75, 3.05) is 0 Å². The molecule has 3 aliphatic rings. The topological polar surface area (TPSA) is 222 Å². The second-order valence-corrected chi connectivity index (χ2v) is 15.2. The Morgan fingerprint density at radius 3 is 1.90 bits per heavy atom.